The summed E-state index contributed by atoms with van der Waals surface area (Å²) in [5, 5.41) is 29.5. The molecule has 10 heteroatoms. The molecule has 0 saturated carbocycles. The van der Waals surface area contributed by atoms with Crippen LogP contribution in [0.3, 0.4) is 0 Å². The van der Waals surface area contributed by atoms with Gasteiger partial charge in [-0.2, -0.15) is 0 Å². The Morgan fingerprint density at radius 3 is 0.800 bits per heavy atom. The monoisotopic (exact) mass is 496 g/mol. The summed E-state index contributed by atoms with van der Waals surface area (Å²) in [5.41, 5.74) is 0. The van der Waals surface area contributed by atoms with Crippen LogP contribution in [0.4, 0.5) is 0 Å². The average Bonchev–Trinajstić information content (AvgIpc) is 1.25. The second kappa shape index (κ2) is 16.6. The van der Waals surface area contributed by atoms with Gasteiger partial charge in [-0.1, -0.05) is 0 Å². The Labute approximate surface area is 120 Å². The Morgan fingerprint density at radius 1 is 0.800 bits per heavy atom. The van der Waals surface area contributed by atoms with E-state index in [2.05, 4.69) is 0 Å². The van der Waals surface area contributed by atoms with E-state index in [9.17, 15) is 0 Å². The number of hydrogen-bond donors (Lipinski definition) is 0. The first kappa shape index (κ1) is 22.5. The fourth-order valence-corrected chi connectivity index (χ4v) is 0. The van der Waals surface area contributed by atoms with Gasteiger partial charge in [-0.15, -0.1) is 0 Å². The quantitative estimate of drug-likeness (QED) is 0.329. The number of hydrogen-bond acceptors (Lipinski definition) is 6. The first-order chi connectivity index (χ1) is 3.46. The van der Waals surface area contributed by atoms with Gasteiger partial charge in [0.1, 0.15) is 0 Å². The molecule has 0 heterocycles. The molecular weight excluding hydrogens is 496 g/mol. The van der Waals surface area contributed by atoms with Crippen LogP contribution in [0.15, 0.2) is 0 Å². The smallest absolute Gasteiger partial charge is 0.356 e. The summed E-state index contributed by atoms with van der Waals surface area (Å²) in [6, 6.07) is 0. The van der Waals surface area contributed by atoms with Crippen molar-refractivity contribution in [2.45, 2.75) is 0 Å². The van der Waals surface area contributed by atoms with Crippen molar-refractivity contribution in [2.24, 2.45) is 0 Å². The van der Waals surface area contributed by atoms with Crippen molar-refractivity contribution in [3.05, 3.63) is 30.6 Å². The maximum Gasteiger partial charge on any atom is 3.00 e. The maximum absolute atomic E-state index is 8.25. The Hall–Kier alpha value is 1.10. The van der Waals surface area contributed by atoms with Gasteiger partial charge in [-0.25, -0.2) is 0 Å². The molecule has 10 heavy (non-hydrogen) atoms. The summed E-state index contributed by atoms with van der Waals surface area (Å²) in [4.78, 5) is 16.5. The van der Waals surface area contributed by atoms with Crippen molar-refractivity contribution in [3.8, 4) is 0 Å². The molecule has 0 atom stereocenters. The molecule has 0 amide bonds. The van der Waals surface area contributed by atoms with Crippen molar-refractivity contribution in [1.29, 1.82) is 0 Å². The van der Waals surface area contributed by atoms with E-state index in [0.29, 0.717) is 0 Å². The predicted molar refractivity (Wildman–Crippen MR) is 20.7 cm³/mol. The molecule has 51 valence electrons. The minimum atomic E-state index is -1.75. The van der Waals surface area contributed by atoms with E-state index in [1.54, 1.807) is 0 Å². The Bertz CT molecular complexity index is 73.7. The van der Waals surface area contributed by atoms with Gasteiger partial charge in [0.15, 0.2) is 0 Å². The Kier molecular flexibility index (Phi) is 37.3. The minimum Gasteiger partial charge on any atom is -0.356 e. The van der Waals surface area contributed by atoms with E-state index < -0.39 is 10.2 Å². The van der Waals surface area contributed by atoms with Crippen LogP contribution < -0.4 is 0 Å². The van der Waals surface area contributed by atoms with Crippen molar-refractivity contribution in [1.82, 2.24) is 0 Å². The summed E-state index contributed by atoms with van der Waals surface area (Å²) in [7, 11) is 0. The third-order valence-corrected chi connectivity index (χ3v) is 0. The molecule has 0 N–H and O–H groups in total. The van der Waals surface area contributed by atoms with E-state index >= 15 is 0 Å². The van der Waals surface area contributed by atoms with E-state index in [1.807, 2.05) is 0 Å². The van der Waals surface area contributed by atoms with E-state index in [0.717, 1.165) is 0 Å². The van der Waals surface area contributed by atoms with Gasteiger partial charge in [-0.05, 0) is 0 Å². The van der Waals surface area contributed by atoms with E-state index in [-0.39, 0.29) is 81.7 Å². The largest absolute Gasteiger partial charge is 3.00 e. The van der Waals surface area contributed by atoms with Crippen molar-refractivity contribution >= 4 is 0 Å². The number of rotatable bonds is 0. The van der Waals surface area contributed by atoms with Crippen molar-refractivity contribution in [2.75, 3.05) is 0 Å². The van der Waals surface area contributed by atoms with Crippen LogP contribution in [0.2, 0.25) is 0 Å². The van der Waals surface area contributed by atoms with Crippen molar-refractivity contribution in [3.63, 3.8) is 0 Å². The SMILES string of the molecule is O=[N+]([O-])[O-].O=[N+]([O-])[O-].[Ce+3].[Th+2]. The molecule has 8 nitrogen and oxygen atoms in total. The van der Waals surface area contributed by atoms with Crippen LogP contribution >= 0.6 is 0 Å². The molecule has 0 aliphatic heterocycles. The van der Waals surface area contributed by atoms with Gasteiger partial charge < -0.3 is 30.6 Å². The van der Waals surface area contributed by atoms with Crippen LogP contribution in [0.1, 0.15) is 0 Å². The molecule has 0 unspecified atom stereocenters. The van der Waals surface area contributed by atoms with Gasteiger partial charge in [0, 0.05) is 0 Å². The second-order valence-corrected chi connectivity index (χ2v) is 0.447. The zero-order chi connectivity index (χ0) is 7.15. The number of nitrogens with zero attached hydrogens (tertiary/aromatic N) is 2. The molecule has 0 aliphatic rings. The molecule has 0 aromatic rings. The third kappa shape index (κ3) is 492. The summed E-state index contributed by atoms with van der Waals surface area (Å²) < 4.78 is 0. The molecule has 0 aromatic heterocycles. The van der Waals surface area contributed by atoms with Crippen LogP contribution in [0.5, 0.6) is 0 Å². The Morgan fingerprint density at radius 2 is 0.800 bits per heavy atom. The van der Waals surface area contributed by atoms with Crippen LogP contribution in [-0.4, -0.2) is 10.2 Å². The Balaban J connectivity index is -0.0000000300. The molecule has 0 aromatic carbocycles. The first-order valence-electron chi connectivity index (χ1n) is 1.10. The minimum absolute atomic E-state index is 0. The van der Waals surface area contributed by atoms with Crippen LogP contribution in [0.25, 0.3) is 0 Å². The van der Waals surface area contributed by atoms with Gasteiger partial charge in [0.2, 0.25) is 0 Å². The fourth-order valence-electron chi connectivity index (χ4n) is 0. The summed E-state index contributed by atoms with van der Waals surface area (Å²) in [5.74, 6) is 0. The second-order valence-electron chi connectivity index (χ2n) is 0.447. The zero-order valence-corrected chi connectivity index (χ0v) is 11.6. The van der Waals surface area contributed by atoms with E-state index in [1.165, 1.54) is 0 Å². The molecule has 0 saturated heterocycles. The molecule has 0 spiro atoms. The predicted octanol–water partition coefficient (Wildman–Crippen LogP) is -0.478. The third-order valence-electron chi connectivity index (χ3n) is 0. The molecule has 0 fully saturated rings. The summed E-state index contributed by atoms with van der Waals surface area (Å²) >= 11 is 0. The average molecular weight is 496 g/mol. The van der Waals surface area contributed by atoms with Crippen LogP contribution in [-0.2, 0) is 0 Å². The maximum atomic E-state index is 8.25. The zero-order valence-electron chi connectivity index (χ0n) is 4.34. The normalized spacial score (nSPS) is 4.80. The molecule has 0 aliphatic carbocycles. The molecule has 0 rings (SSSR count). The van der Waals surface area contributed by atoms with Gasteiger partial charge in [0.25, 0.3) is 0 Å². The van der Waals surface area contributed by atoms with Crippen LogP contribution in [0, 0.1) is 112 Å². The van der Waals surface area contributed by atoms with E-state index in [4.69, 9.17) is 30.6 Å². The summed E-state index contributed by atoms with van der Waals surface area (Å²) in [6.45, 7) is 0. The van der Waals surface area contributed by atoms with Gasteiger partial charge >= 0.3 is 81.7 Å². The first-order valence-corrected chi connectivity index (χ1v) is 1.10. The van der Waals surface area contributed by atoms with Crippen molar-refractivity contribution < 1.29 is 91.9 Å². The van der Waals surface area contributed by atoms with Gasteiger partial charge in [0.05, 0.1) is 10.2 Å². The fraction of sp³-hybridized carbons (Fsp3) is 0. The standard InChI is InChI=1S/Ce.2NO3.Th/c;2*2-1(3)4;/q+3;2*-1;+2. The molecule has 1 radical (unpaired) electrons. The molecular formula is CeN2O6Th+3. The van der Waals surface area contributed by atoms with Gasteiger partial charge in [-0.3, -0.25) is 0 Å². The molecule has 0 bridgehead atoms. The topological polar surface area (TPSA) is 132 Å². The summed E-state index contributed by atoms with van der Waals surface area (Å²) in [6.07, 6.45) is 0.